The molecule has 0 saturated carbocycles. The summed E-state index contributed by atoms with van der Waals surface area (Å²) in [5.41, 5.74) is 0.762. The molecule has 3 rings (SSSR count). The number of nitrogens with zero attached hydrogens (tertiary/aromatic N) is 3. The number of aryl methyl sites for hydroxylation is 1. The van der Waals surface area contributed by atoms with Gasteiger partial charge in [0.15, 0.2) is 5.82 Å². The van der Waals surface area contributed by atoms with Crippen molar-refractivity contribution < 1.29 is 13.7 Å². The van der Waals surface area contributed by atoms with Gasteiger partial charge in [-0.25, -0.2) is 4.39 Å². The molecule has 2 aromatic heterocycles. The van der Waals surface area contributed by atoms with Gasteiger partial charge < -0.3 is 9.84 Å². The van der Waals surface area contributed by atoms with Gasteiger partial charge in [-0.2, -0.15) is 4.98 Å². The molecule has 0 spiro atoms. The molecule has 1 aromatic carbocycles. The Morgan fingerprint density at radius 2 is 2.00 bits per heavy atom. The Morgan fingerprint density at radius 1 is 1.24 bits per heavy atom. The van der Waals surface area contributed by atoms with Crippen molar-refractivity contribution in [2.24, 2.45) is 0 Å². The van der Waals surface area contributed by atoms with Gasteiger partial charge in [0, 0.05) is 12.6 Å². The third-order valence-electron chi connectivity index (χ3n) is 3.50. The zero-order valence-corrected chi connectivity index (χ0v) is 13.4. The number of carbonyl (C=O) groups excluding carboxylic acids is 1. The highest BCUT2D eigenvalue weighted by atomic mass is 19.1. The average molecular weight is 342 g/mol. The summed E-state index contributed by atoms with van der Waals surface area (Å²) in [4.78, 5) is 28.4. The maximum absolute atomic E-state index is 12.9. The molecule has 0 radical (unpaired) electrons. The largest absolute Gasteiger partial charge is 0.350 e. The Bertz CT molecular complexity index is 947. The normalized spacial score (nSPS) is 10.6. The van der Waals surface area contributed by atoms with E-state index < -0.39 is 0 Å². The second-order valence-corrected chi connectivity index (χ2v) is 5.39. The number of hydrogen-bond acceptors (Lipinski definition) is 5. The number of carbonyl (C=O) groups is 1. The van der Waals surface area contributed by atoms with Crippen LogP contribution in [0, 0.1) is 12.7 Å². The third-order valence-corrected chi connectivity index (χ3v) is 3.50. The topological polar surface area (TPSA) is 90.0 Å². The van der Waals surface area contributed by atoms with Crippen LogP contribution in [0.2, 0.25) is 0 Å². The first-order valence-electron chi connectivity index (χ1n) is 7.54. The van der Waals surface area contributed by atoms with Crippen molar-refractivity contribution >= 4 is 5.91 Å². The summed E-state index contributed by atoms with van der Waals surface area (Å²) in [5.74, 6) is -0.110. The van der Waals surface area contributed by atoms with Gasteiger partial charge in [-0.1, -0.05) is 23.4 Å². The van der Waals surface area contributed by atoms with Gasteiger partial charge in [-0.15, -0.1) is 0 Å². The zero-order valence-electron chi connectivity index (χ0n) is 13.4. The summed E-state index contributed by atoms with van der Waals surface area (Å²) in [6, 6.07) is 10.3. The molecule has 0 aliphatic rings. The summed E-state index contributed by atoms with van der Waals surface area (Å²) in [6.07, 6.45) is 0. The third kappa shape index (κ3) is 3.97. The first kappa shape index (κ1) is 16.6. The first-order chi connectivity index (χ1) is 12.0. The summed E-state index contributed by atoms with van der Waals surface area (Å²) < 4.78 is 19.2. The molecule has 3 aromatic rings. The molecule has 0 saturated heterocycles. The maximum atomic E-state index is 12.9. The van der Waals surface area contributed by atoms with Gasteiger partial charge in [-0.05, 0) is 30.7 Å². The van der Waals surface area contributed by atoms with Crippen LogP contribution in [-0.4, -0.2) is 20.6 Å². The Labute approximate surface area is 142 Å². The summed E-state index contributed by atoms with van der Waals surface area (Å²) in [5, 5.41) is 6.38. The number of amides is 1. The minimum Gasteiger partial charge on any atom is -0.350 e. The van der Waals surface area contributed by atoms with Gasteiger partial charge in [0.1, 0.15) is 18.1 Å². The molecule has 0 bridgehead atoms. The monoisotopic (exact) mass is 342 g/mol. The van der Waals surface area contributed by atoms with Gasteiger partial charge >= 0.3 is 0 Å². The van der Waals surface area contributed by atoms with E-state index in [9.17, 15) is 14.0 Å². The number of pyridine rings is 1. The molecule has 8 heteroatoms. The molecule has 7 nitrogen and oxygen atoms in total. The van der Waals surface area contributed by atoms with Crippen LogP contribution in [0.4, 0.5) is 4.39 Å². The number of nitrogens with one attached hydrogen (secondary N) is 1. The van der Waals surface area contributed by atoms with Crippen molar-refractivity contribution in [3.05, 3.63) is 70.0 Å². The molecule has 1 amide bonds. The van der Waals surface area contributed by atoms with E-state index >= 15 is 0 Å². The highest BCUT2D eigenvalue weighted by Gasteiger charge is 2.14. The molecule has 0 atom stereocenters. The van der Waals surface area contributed by atoms with Crippen molar-refractivity contribution in [2.45, 2.75) is 20.0 Å². The Morgan fingerprint density at radius 3 is 2.68 bits per heavy atom. The Hall–Kier alpha value is -3.29. The Kier molecular flexibility index (Phi) is 4.69. The van der Waals surface area contributed by atoms with Crippen molar-refractivity contribution in [1.29, 1.82) is 0 Å². The van der Waals surface area contributed by atoms with Crippen LogP contribution in [-0.2, 0) is 17.9 Å². The van der Waals surface area contributed by atoms with Crippen molar-refractivity contribution in [3.63, 3.8) is 0 Å². The van der Waals surface area contributed by atoms with E-state index in [1.165, 1.54) is 22.8 Å². The first-order valence-corrected chi connectivity index (χ1v) is 7.54. The number of halogens is 1. The molecule has 128 valence electrons. The number of benzene rings is 1. The average Bonchev–Trinajstić information content (AvgIpc) is 3.02. The van der Waals surface area contributed by atoms with Crippen LogP contribution in [0.5, 0.6) is 0 Å². The maximum Gasteiger partial charge on any atom is 0.274 e. The van der Waals surface area contributed by atoms with Gasteiger partial charge in [0.25, 0.3) is 11.4 Å². The zero-order chi connectivity index (χ0) is 17.8. The Balaban J connectivity index is 1.75. The van der Waals surface area contributed by atoms with Crippen LogP contribution in [0.3, 0.4) is 0 Å². The number of hydrogen-bond donors (Lipinski definition) is 1. The molecule has 25 heavy (non-hydrogen) atoms. The molecular weight excluding hydrogens is 327 g/mol. The van der Waals surface area contributed by atoms with Gasteiger partial charge in [0.2, 0.25) is 5.91 Å². The van der Waals surface area contributed by atoms with Crippen molar-refractivity contribution in [1.82, 2.24) is 20.0 Å². The van der Waals surface area contributed by atoms with E-state index in [1.807, 2.05) is 0 Å². The van der Waals surface area contributed by atoms with Crippen LogP contribution in [0.25, 0.3) is 11.6 Å². The van der Waals surface area contributed by atoms with Crippen molar-refractivity contribution in [3.8, 4) is 11.6 Å². The van der Waals surface area contributed by atoms with E-state index in [0.717, 1.165) is 5.56 Å². The molecule has 2 heterocycles. The minimum absolute atomic E-state index is 0.168. The fraction of sp³-hybridized carbons (Fsp3) is 0.176. The van der Waals surface area contributed by atoms with Crippen LogP contribution in [0.15, 0.2) is 51.8 Å². The standard InChI is InChI=1S/C17H15FN4O3/c1-11-20-17(25-21-11)14-3-2-4-16(24)22(14)10-15(23)19-9-12-5-7-13(18)8-6-12/h2-8H,9-10H2,1H3,(H,19,23). The minimum atomic E-state index is -0.366. The summed E-state index contributed by atoms with van der Waals surface area (Å²) in [7, 11) is 0. The summed E-state index contributed by atoms with van der Waals surface area (Å²) in [6.45, 7) is 1.70. The fourth-order valence-electron chi connectivity index (χ4n) is 2.27. The predicted molar refractivity (Wildman–Crippen MR) is 87.0 cm³/mol. The molecular formula is C17H15FN4O3. The van der Waals surface area contributed by atoms with Crippen LogP contribution < -0.4 is 10.9 Å². The molecule has 0 unspecified atom stereocenters. The molecule has 0 fully saturated rings. The lowest BCUT2D eigenvalue weighted by Crippen LogP contribution is -2.32. The van der Waals surface area contributed by atoms with E-state index in [0.29, 0.717) is 11.5 Å². The van der Waals surface area contributed by atoms with Crippen LogP contribution >= 0.6 is 0 Å². The van der Waals surface area contributed by atoms with Crippen molar-refractivity contribution in [2.75, 3.05) is 0 Å². The molecule has 1 N–H and O–H groups in total. The molecule has 0 aliphatic carbocycles. The second kappa shape index (κ2) is 7.08. The van der Waals surface area contributed by atoms with E-state index in [4.69, 9.17) is 4.52 Å². The lowest BCUT2D eigenvalue weighted by Gasteiger charge is -2.10. The van der Waals surface area contributed by atoms with E-state index in [1.54, 1.807) is 31.2 Å². The van der Waals surface area contributed by atoms with E-state index in [2.05, 4.69) is 15.5 Å². The SMILES string of the molecule is Cc1noc(-c2cccc(=O)n2CC(=O)NCc2ccc(F)cc2)n1. The number of aromatic nitrogens is 3. The highest BCUT2D eigenvalue weighted by molar-refractivity contribution is 5.76. The second-order valence-electron chi connectivity index (χ2n) is 5.39. The van der Waals surface area contributed by atoms with Gasteiger partial charge in [-0.3, -0.25) is 14.2 Å². The lowest BCUT2D eigenvalue weighted by molar-refractivity contribution is -0.121. The number of rotatable bonds is 5. The lowest BCUT2D eigenvalue weighted by atomic mass is 10.2. The predicted octanol–water partition coefficient (Wildman–Crippen LogP) is 1.66. The summed E-state index contributed by atoms with van der Waals surface area (Å²) >= 11 is 0. The fourth-order valence-corrected chi connectivity index (χ4v) is 2.27. The highest BCUT2D eigenvalue weighted by Crippen LogP contribution is 2.15. The van der Waals surface area contributed by atoms with Gasteiger partial charge in [0.05, 0.1) is 0 Å². The van der Waals surface area contributed by atoms with Crippen LogP contribution in [0.1, 0.15) is 11.4 Å². The quantitative estimate of drug-likeness (QED) is 0.762. The molecule has 0 aliphatic heterocycles. The smallest absolute Gasteiger partial charge is 0.274 e. The van der Waals surface area contributed by atoms with E-state index in [-0.39, 0.29) is 36.3 Å².